The van der Waals surface area contributed by atoms with E-state index in [0.717, 1.165) is 6.92 Å². The quantitative estimate of drug-likeness (QED) is 0.476. The molecule has 0 amide bonds. The fraction of sp³-hybridized carbons (Fsp3) is 0.750. The molecule has 0 aromatic heterocycles. The second-order valence-corrected chi connectivity index (χ2v) is 4.01. The van der Waals surface area contributed by atoms with E-state index in [9.17, 15) is 9.59 Å². The normalized spacial score (nSPS) is 16.1. The molecular formula is C8H15NO4. The third kappa shape index (κ3) is 3.42. The van der Waals surface area contributed by atoms with Crippen molar-refractivity contribution in [1.29, 1.82) is 0 Å². The van der Waals surface area contributed by atoms with Crippen LogP contribution in [-0.2, 0) is 14.3 Å². The molecule has 13 heavy (non-hydrogen) atoms. The lowest BCUT2D eigenvalue weighted by Gasteiger charge is -2.25. The predicted molar refractivity (Wildman–Crippen MR) is 46.1 cm³/mol. The SMILES string of the molecule is CC(C)(C)OC(=O)C(C)(N)C(=O)O. The highest BCUT2D eigenvalue weighted by Crippen LogP contribution is 2.12. The Balaban J connectivity index is 4.53. The maximum atomic E-state index is 11.2. The molecular weight excluding hydrogens is 174 g/mol. The predicted octanol–water partition coefficient (Wildman–Crippen LogP) is 0.130. The third-order valence-electron chi connectivity index (χ3n) is 1.27. The molecule has 1 unspecified atom stereocenters. The van der Waals surface area contributed by atoms with Crippen LogP contribution < -0.4 is 5.73 Å². The fourth-order valence-electron chi connectivity index (χ4n) is 0.471. The van der Waals surface area contributed by atoms with Crippen LogP contribution in [0.2, 0.25) is 0 Å². The molecule has 0 aliphatic heterocycles. The molecule has 0 radical (unpaired) electrons. The maximum absolute atomic E-state index is 11.2. The number of carboxylic acid groups (broad SMARTS) is 1. The average Bonchev–Trinajstić information content (AvgIpc) is 1.82. The highest BCUT2D eigenvalue weighted by molar-refractivity contribution is 6.03. The number of hydrogen-bond donors (Lipinski definition) is 2. The van der Waals surface area contributed by atoms with E-state index in [1.165, 1.54) is 0 Å². The highest BCUT2D eigenvalue weighted by Gasteiger charge is 2.40. The summed E-state index contributed by atoms with van der Waals surface area (Å²) in [6, 6.07) is 0. The van der Waals surface area contributed by atoms with Crippen molar-refractivity contribution in [1.82, 2.24) is 0 Å². The second kappa shape index (κ2) is 3.33. The van der Waals surface area contributed by atoms with Gasteiger partial charge >= 0.3 is 11.9 Å². The number of hydrogen-bond acceptors (Lipinski definition) is 4. The van der Waals surface area contributed by atoms with Gasteiger partial charge in [-0.1, -0.05) is 0 Å². The van der Waals surface area contributed by atoms with Gasteiger partial charge in [0.05, 0.1) is 0 Å². The van der Waals surface area contributed by atoms with Crippen LogP contribution >= 0.6 is 0 Å². The number of nitrogens with two attached hydrogens (primary N) is 1. The molecule has 0 rings (SSSR count). The van der Waals surface area contributed by atoms with Gasteiger partial charge in [0, 0.05) is 0 Å². The number of carbonyl (C=O) groups excluding carboxylic acids is 1. The molecule has 0 bridgehead atoms. The minimum absolute atomic E-state index is 0.729. The number of aliphatic carboxylic acids is 1. The van der Waals surface area contributed by atoms with E-state index in [1.807, 2.05) is 0 Å². The van der Waals surface area contributed by atoms with Crippen LogP contribution in [0.15, 0.2) is 0 Å². The zero-order chi connectivity index (χ0) is 10.9. The van der Waals surface area contributed by atoms with E-state index in [4.69, 9.17) is 15.6 Å². The summed E-state index contributed by atoms with van der Waals surface area (Å²) in [5.74, 6) is -2.34. The van der Waals surface area contributed by atoms with Gasteiger partial charge in [0.1, 0.15) is 5.60 Å². The highest BCUT2D eigenvalue weighted by atomic mass is 16.6. The number of carboxylic acids is 1. The molecule has 0 fully saturated rings. The van der Waals surface area contributed by atoms with Crippen LogP contribution in [0.5, 0.6) is 0 Å². The largest absolute Gasteiger partial charge is 0.479 e. The van der Waals surface area contributed by atoms with Crippen LogP contribution in [0, 0.1) is 0 Å². The van der Waals surface area contributed by atoms with E-state index < -0.39 is 23.1 Å². The number of ether oxygens (including phenoxy) is 1. The van der Waals surface area contributed by atoms with E-state index in [0.29, 0.717) is 0 Å². The van der Waals surface area contributed by atoms with Gasteiger partial charge in [-0.2, -0.15) is 0 Å². The monoisotopic (exact) mass is 189 g/mol. The Morgan fingerprint density at radius 3 is 1.85 bits per heavy atom. The van der Waals surface area contributed by atoms with Gasteiger partial charge in [0.25, 0.3) is 0 Å². The van der Waals surface area contributed by atoms with E-state index >= 15 is 0 Å². The summed E-state index contributed by atoms with van der Waals surface area (Å²) in [6.07, 6.45) is 0. The van der Waals surface area contributed by atoms with Crippen LogP contribution in [0.25, 0.3) is 0 Å². The number of rotatable bonds is 2. The van der Waals surface area contributed by atoms with Crippen LogP contribution in [0.3, 0.4) is 0 Å². The molecule has 76 valence electrons. The van der Waals surface area contributed by atoms with Crippen molar-refractivity contribution >= 4 is 11.9 Å². The lowest BCUT2D eigenvalue weighted by Crippen LogP contribution is -2.54. The molecule has 0 saturated heterocycles. The maximum Gasteiger partial charge on any atom is 0.338 e. The molecule has 5 nitrogen and oxygen atoms in total. The lowest BCUT2D eigenvalue weighted by atomic mass is 10.0. The standard InChI is InChI=1S/C8H15NO4/c1-7(2,3)13-6(12)8(4,9)5(10)11/h9H2,1-4H3,(H,10,11). The van der Waals surface area contributed by atoms with Gasteiger partial charge in [0.15, 0.2) is 0 Å². The summed E-state index contributed by atoms with van der Waals surface area (Å²) in [5.41, 5.74) is 2.53. The lowest BCUT2D eigenvalue weighted by molar-refractivity contribution is -0.168. The van der Waals surface area contributed by atoms with Gasteiger partial charge < -0.3 is 15.6 Å². The number of esters is 1. The van der Waals surface area contributed by atoms with Gasteiger partial charge in [-0.05, 0) is 27.7 Å². The van der Waals surface area contributed by atoms with Crippen molar-refractivity contribution in [2.45, 2.75) is 38.8 Å². The van der Waals surface area contributed by atoms with Crippen molar-refractivity contribution in [3.63, 3.8) is 0 Å². The zero-order valence-corrected chi connectivity index (χ0v) is 8.25. The van der Waals surface area contributed by atoms with E-state index in [1.54, 1.807) is 20.8 Å². The van der Waals surface area contributed by atoms with Crippen LogP contribution in [0.1, 0.15) is 27.7 Å². The van der Waals surface area contributed by atoms with Crippen molar-refractivity contribution in [3.05, 3.63) is 0 Å². The van der Waals surface area contributed by atoms with Gasteiger partial charge in [0.2, 0.25) is 5.54 Å². The van der Waals surface area contributed by atoms with E-state index in [-0.39, 0.29) is 0 Å². The minimum Gasteiger partial charge on any atom is -0.479 e. The van der Waals surface area contributed by atoms with Crippen molar-refractivity contribution in [3.8, 4) is 0 Å². The van der Waals surface area contributed by atoms with E-state index in [2.05, 4.69) is 0 Å². The van der Waals surface area contributed by atoms with Gasteiger partial charge in [-0.15, -0.1) is 0 Å². The van der Waals surface area contributed by atoms with Gasteiger partial charge in [-0.25, -0.2) is 9.59 Å². The summed E-state index contributed by atoms with van der Waals surface area (Å²) in [4.78, 5) is 21.7. The summed E-state index contributed by atoms with van der Waals surface area (Å²) in [7, 11) is 0. The Bertz CT molecular complexity index is 227. The van der Waals surface area contributed by atoms with Crippen LogP contribution in [-0.4, -0.2) is 28.2 Å². The van der Waals surface area contributed by atoms with Crippen molar-refractivity contribution in [2.75, 3.05) is 0 Å². The summed E-state index contributed by atoms with van der Waals surface area (Å²) < 4.78 is 4.82. The first-order chi connectivity index (χ1) is 5.57. The molecule has 0 aromatic rings. The Hall–Kier alpha value is -1.10. The Kier molecular flexibility index (Phi) is 3.05. The first-order valence-corrected chi connectivity index (χ1v) is 3.83. The van der Waals surface area contributed by atoms with Gasteiger partial charge in [-0.3, -0.25) is 0 Å². The van der Waals surface area contributed by atoms with Crippen molar-refractivity contribution < 1.29 is 19.4 Å². The molecule has 0 heterocycles. The molecule has 0 aliphatic rings. The molecule has 0 aliphatic carbocycles. The minimum atomic E-state index is -1.98. The first kappa shape index (κ1) is 11.9. The van der Waals surface area contributed by atoms with Crippen LogP contribution in [0.4, 0.5) is 0 Å². The second-order valence-electron chi connectivity index (χ2n) is 4.01. The average molecular weight is 189 g/mol. The first-order valence-electron chi connectivity index (χ1n) is 3.83. The third-order valence-corrected chi connectivity index (χ3v) is 1.27. The summed E-state index contributed by atoms with van der Waals surface area (Å²) in [6.45, 7) is 6.03. The smallest absolute Gasteiger partial charge is 0.338 e. The molecule has 0 aromatic carbocycles. The summed E-state index contributed by atoms with van der Waals surface area (Å²) in [5, 5.41) is 8.58. The fourth-order valence-corrected chi connectivity index (χ4v) is 0.471. The molecule has 0 spiro atoms. The zero-order valence-electron chi connectivity index (χ0n) is 8.25. The molecule has 3 N–H and O–H groups in total. The Labute approximate surface area is 76.9 Å². The topological polar surface area (TPSA) is 89.6 Å². The number of carbonyl (C=O) groups is 2. The molecule has 0 saturated carbocycles. The Morgan fingerprint density at radius 2 is 1.62 bits per heavy atom. The Morgan fingerprint density at radius 1 is 1.23 bits per heavy atom. The molecule has 1 atom stereocenters. The van der Waals surface area contributed by atoms with Crippen molar-refractivity contribution in [2.24, 2.45) is 5.73 Å². The summed E-state index contributed by atoms with van der Waals surface area (Å²) >= 11 is 0. The molecule has 5 heteroatoms.